The van der Waals surface area contributed by atoms with Crippen LogP contribution in [0.4, 0.5) is 15.0 Å². The molecular formula is C29H40FN3O5S. The van der Waals surface area contributed by atoms with Crippen LogP contribution in [0.25, 0.3) is 0 Å². The van der Waals surface area contributed by atoms with Crippen molar-refractivity contribution in [1.29, 1.82) is 0 Å². The SMILES string of the molecule is Cc1ccc(CCC(=O)Cc2ccc(CCS(=O)(=O)NC(=O)OC(C)(C)C)c(F)c2)c(N2CCC(C)CC2)n1. The maximum absolute atomic E-state index is 14.7. The number of carbonyl (C=O) groups is 2. The van der Waals surface area contributed by atoms with Crippen LogP contribution in [-0.2, 0) is 38.8 Å². The molecule has 214 valence electrons. The quantitative estimate of drug-likeness (QED) is 0.440. The number of rotatable bonds is 10. The number of ether oxygens (including phenoxy) is 1. The summed E-state index contributed by atoms with van der Waals surface area (Å²) in [5.41, 5.74) is 1.87. The lowest BCUT2D eigenvalue weighted by Crippen LogP contribution is -2.37. The van der Waals surface area contributed by atoms with E-state index in [1.807, 2.05) is 23.8 Å². The van der Waals surface area contributed by atoms with Crippen LogP contribution < -0.4 is 9.62 Å². The Morgan fingerprint density at radius 3 is 2.41 bits per heavy atom. The highest BCUT2D eigenvalue weighted by Gasteiger charge is 2.22. The van der Waals surface area contributed by atoms with Crippen LogP contribution in [0.2, 0.25) is 0 Å². The molecule has 1 aliphatic heterocycles. The molecule has 0 atom stereocenters. The highest BCUT2D eigenvalue weighted by molar-refractivity contribution is 7.90. The number of aromatic nitrogens is 1. The Balaban J connectivity index is 1.54. The van der Waals surface area contributed by atoms with Gasteiger partial charge in [-0.05, 0) is 88.1 Å². The van der Waals surface area contributed by atoms with Crippen LogP contribution in [0.1, 0.15) is 69.3 Å². The van der Waals surface area contributed by atoms with Crippen LogP contribution in [-0.4, -0.2) is 49.7 Å². The van der Waals surface area contributed by atoms with E-state index in [1.165, 1.54) is 12.1 Å². The molecule has 1 aromatic heterocycles. The van der Waals surface area contributed by atoms with Crippen molar-refractivity contribution in [2.24, 2.45) is 5.92 Å². The number of aryl methyl sites for hydroxylation is 3. The van der Waals surface area contributed by atoms with Crippen LogP contribution >= 0.6 is 0 Å². The van der Waals surface area contributed by atoms with Gasteiger partial charge in [0.15, 0.2) is 0 Å². The number of halogens is 1. The summed E-state index contributed by atoms with van der Waals surface area (Å²) in [5, 5.41) is 0. The first-order chi connectivity index (χ1) is 18.2. The monoisotopic (exact) mass is 561 g/mol. The van der Waals surface area contributed by atoms with Gasteiger partial charge in [-0.2, -0.15) is 0 Å². The molecule has 1 fully saturated rings. The molecule has 2 heterocycles. The zero-order valence-corrected chi connectivity index (χ0v) is 24.4. The first kappa shape index (κ1) is 30.5. The number of hydrogen-bond acceptors (Lipinski definition) is 7. The fourth-order valence-electron chi connectivity index (χ4n) is 4.48. The maximum Gasteiger partial charge on any atom is 0.421 e. The van der Waals surface area contributed by atoms with E-state index in [-0.39, 0.29) is 24.2 Å². The maximum atomic E-state index is 14.7. The summed E-state index contributed by atoms with van der Waals surface area (Å²) in [6.07, 6.45) is 2.03. The number of nitrogens with zero attached hydrogens (tertiary/aromatic N) is 2. The molecule has 0 bridgehead atoms. The van der Waals surface area contributed by atoms with E-state index in [0.717, 1.165) is 43.0 Å². The summed E-state index contributed by atoms with van der Waals surface area (Å²) in [7, 11) is -4.00. The number of sulfonamides is 1. The van der Waals surface area contributed by atoms with Gasteiger partial charge < -0.3 is 9.64 Å². The molecule has 3 rings (SSSR count). The first-order valence-corrected chi connectivity index (χ1v) is 15.1. The molecular weight excluding hydrogens is 521 g/mol. The largest absolute Gasteiger partial charge is 0.443 e. The van der Waals surface area contributed by atoms with Crippen molar-refractivity contribution < 1.29 is 27.1 Å². The Hall–Kier alpha value is -3.01. The lowest BCUT2D eigenvalue weighted by Gasteiger charge is -2.32. The van der Waals surface area contributed by atoms with Crippen molar-refractivity contribution in [2.75, 3.05) is 23.7 Å². The number of amides is 1. The molecule has 0 aliphatic carbocycles. The second-order valence-corrected chi connectivity index (χ2v) is 13.3. The third kappa shape index (κ3) is 9.91. The summed E-state index contributed by atoms with van der Waals surface area (Å²) >= 11 is 0. The summed E-state index contributed by atoms with van der Waals surface area (Å²) in [6, 6.07) is 8.41. The minimum atomic E-state index is -4.00. The van der Waals surface area contributed by atoms with E-state index in [9.17, 15) is 22.4 Å². The fraction of sp³-hybridized carbons (Fsp3) is 0.552. The number of Topliss-reactive ketones (excluding diaryl/α,β-unsaturated/α-hetero) is 1. The van der Waals surface area contributed by atoms with E-state index in [2.05, 4.69) is 11.8 Å². The minimum Gasteiger partial charge on any atom is -0.443 e. The van der Waals surface area contributed by atoms with Crippen molar-refractivity contribution in [3.63, 3.8) is 0 Å². The van der Waals surface area contributed by atoms with Gasteiger partial charge in [0.25, 0.3) is 0 Å². The molecule has 39 heavy (non-hydrogen) atoms. The molecule has 0 spiro atoms. The molecule has 2 aromatic rings. The number of nitrogens with one attached hydrogen (secondary N) is 1. The first-order valence-electron chi connectivity index (χ1n) is 13.4. The highest BCUT2D eigenvalue weighted by Crippen LogP contribution is 2.26. The molecule has 0 unspecified atom stereocenters. The Morgan fingerprint density at radius 2 is 1.77 bits per heavy atom. The third-order valence-corrected chi connectivity index (χ3v) is 7.87. The van der Waals surface area contributed by atoms with Gasteiger partial charge in [-0.25, -0.2) is 27.3 Å². The zero-order chi connectivity index (χ0) is 28.8. The van der Waals surface area contributed by atoms with Crippen molar-refractivity contribution in [3.8, 4) is 0 Å². The fourth-order valence-corrected chi connectivity index (χ4v) is 5.36. The van der Waals surface area contributed by atoms with Gasteiger partial charge in [-0.1, -0.05) is 25.1 Å². The molecule has 1 amide bonds. The van der Waals surface area contributed by atoms with Gasteiger partial charge in [0, 0.05) is 31.6 Å². The molecule has 10 heteroatoms. The second-order valence-electron chi connectivity index (χ2n) is 11.4. The Morgan fingerprint density at radius 1 is 1.10 bits per heavy atom. The molecule has 0 saturated carbocycles. The average Bonchev–Trinajstić information content (AvgIpc) is 2.81. The van der Waals surface area contributed by atoms with E-state index in [4.69, 9.17) is 9.72 Å². The van der Waals surface area contributed by atoms with Crippen molar-refractivity contribution in [2.45, 2.75) is 78.7 Å². The standard InChI is InChI=1S/C29H40FN3O5S/c1-20-12-15-33(16-13-20)27-24(8-6-21(2)31-27)10-11-25(34)18-22-7-9-23(26(30)19-22)14-17-39(36,37)32-28(35)38-29(3,4)5/h6-9,19-20H,10-18H2,1-5H3,(H,32,35). The van der Waals surface area contributed by atoms with Crippen LogP contribution in [0.15, 0.2) is 30.3 Å². The topological polar surface area (TPSA) is 106 Å². The van der Waals surface area contributed by atoms with E-state index >= 15 is 0 Å². The number of hydrogen-bond donors (Lipinski definition) is 1. The predicted octanol–water partition coefficient (Wildman–Crippen LogP) is 4.91. The van der Waals surface area contributed by atoms with Crippen LogP contribution in [0.3, 0.4) is 0 Å². The molecule has 8 nitrogen and oxygen atoms in total. The third-order valence-electron chi connectivity index (χ3n) is 6.65. The molecule has 0 radical (unpaired) electrons. The smallest absolute Gasteiger partial charge is 0.421 e. The van der Waals surface area contributed by atoms with E-state index in [1.54, 1.807) is 26.8 Å². The normalized spacial score (nSPS) is 14.8. The summed E-state index contributed by atoms with van der Waals surface area (Å²) in [5.74, 6) is 0.592. The van der Waals surface area contributed by atoms with Crippen molar-refractivity contribution in [1.82, 2.24) is 9.71 Å². The number of pyridine rings is 1. The number of ketones is 1. The Kier molecular flexibility index (Phi) is 10.1. The number of carbonyl (C=O) groups excluding carboxylic acids is 2. The molecule has 1 saturated heterocycles. The summed E-state index contributed by atoms with van der Waals surface area (Å²) in [4.78, 5) is 31.6. The average molecular weight is 562 g/mol. The Bertz CT molecular complexity index is 1280. The minimum absolute atomic E-state index is 0.00919. The van der Waals surface area contributed by atoms with E-state index in [0.29, 0.717) is 24.3 Å². The molecule has 1 aromatic carbocycles. The lowest BCUT2D eigenvalue weighted by molar-refractivity contribution is -0.118. The van der Waals surface area contributed by atoms with Crippen molar-refractivity contribution in [3.05, 3.63) is 58.5 Å². The van der Waals surface area contributed by atoms with Gasteiger partial charge in [0.05, 0.1) is 5.75 Å². The lowest BCUT2D eigenvalue weighted by atomic mass is 9.97. The second kappa shape index (κ2) is 12.9. The van der Waals surface area contributed by atoms with Crippen molar-refractivity contribution >= 4 is 27.7 Å². The predicted molar refractivity (Wildman–Crippen MR) is 150 cm³/mol. The number of piperidine rings is 1. The highest BCUT2D eigenvalue weighted by atomic mass is 32.2. The van der Waals surface area contributed by atoms with Gasteiger partial charge in [0.1, 0.15) is 23.0 Å². The summed E-state index contributed by atoms with van der Waals surface area (Å²) in [6.45, 7) is 11.0. The van der Waals surface area contributed by atoms with Gasteiger partial charge in [-0.3, -0.25) is 4.79 Å². The molecule has 1 aliphatic rings. The molecule has 1 N–H and O–H groups in total. The van der Waals surface area contributed by atoms with Gasteiger partial charge >= 0.3 is 6.09 Å². The number of benzene rings is 1. The van der Waals surface area contributed by atoms with Crippen LogP contribution in [0.5, 0.6) is 0 Å². The summed E-state index contributed by atoms with van der Waals surface area (Å²) < 4.78 is 45.9. The zero-order valence-electron chi connectivity index (χ0n) is 23.5. The van der Waals surface area contributed by atoms with Gasteiger partial charge in [0.2, 0.25) is 10.0 Å². The Labute approximate surface area is 231 Å². The van der Waals surface area contributed by atoms with Gasteiger partial charge in [-0.15, -0.1) is 0 Å². The van der Waals surface area contributed by atoms with Crippen LogP contribution in [0, 0.1) is 18.7 Å². The number of anilines is 1. The van der Waals surface area contributed by atoms with E-state index < -0.39 is 33.3 Å².